The number of hydrogen-bond donors (Lipinski definition) is 1. The summed E-state index contributed by atoms with van der Waals surface area (Å²) in [5, 5.41) is 4.25. The lowest BCUT2D eigenvalue weighted by Crippen LogP contribution is -2.30. The highest BCUT2D eigenvalue weighted by Crippen LogP contribution is 2.25. The monoisotopic (exact) mass is 385 g/mol. The summed E-state index contributed by atoms with van der Waals surface area (Å²) < 4.78 is 11.0. The Bertz CT molecular complexity index is 1060. The minimum Gasteiger partial charge on any atom is -0.481 e. The Labute approximate surface area is 161 Å². The second kappa shape index (κ2) is 7.84. The minimum atomic E-state index is -0.748. The normalized spacial score (nSPS) is 12.0. The first-order valence-corrected chi connectivity index (χ1v) is 9.06. The van der Waals surface area contributed by atoms with Crippen LogP contribution in [-0.4, -0.2) is 12.0 Å². The highest BCUT2D eigenvalue weighted by atomic mass is 35.5. The van der Waals surface area contributed by atoms with Crippen molar-refractivity contribution in [2.75, 3.05) is 5.32 Å². The molecule has 0 spiro atoms. The molecule has 0 bridgehead atoms. The van der Waals surface area contributed by atoms with Crippen molar-refractivity contribution in [3.63, 3.8) is 0 Å². The number of nitrogens with one attached hydrogen (secondary N) is 1. The second-order valence-electron chi connectivity index (χ2n) is 6.26. The summed E-state index contributed by atoms with van der Waals surface area (Å²) in [7, 11) is 0. The van der Waals surface area contributed by atoms with E-state index in [4.69, 9.17) is 20.8 Å². The molecule has 1 heterocycles. The molecule has 2 aromatic carbocycles. The topological polar surface area (TPSA) is 68.5 Å². The van der Waals surface area contributed by atoms with Gasteiger partial charge in [0.05, 0.1) is 0 Å². The van der Waals surface area contributed by atoms with Crippen molar-refractivity contribution in [1.29, 1.82) is 0 Å². The zero-order chi connectivity index (χ0) is 19.6. The zero-order valence-corrected chi connectivity index (χ0v) is 16.1. The summed E-state index contributed by atoms with van der Waals surface area (Å²) in [6.45, 7) is 5.46. The van der Waals surface area contributed by atoms with E-state index >= 15 is 0 Å². The number of aryl methyl sites for hydroxylation is 1. The fourth-order valence-corrected chi connectivity index (χ4v) is 2.99. The number of carbonyl (C=O) groups excluding carboxylic acids is 1. The molecule has 0 unspecified atom stereocenters. The quantitative estimate of drug-likeness (QED) is 0.645. The molecule has 1 N–H and O–H groups in total. The van der Waals surface area contributed by atoms with E-state index in [2.05, 4.69) is 5.32 Å². The maximum absolute atomic E-state index is 12.4. The third kappa shape index (κ3) is 4.14. The lowest BCUT2D eigenvalue weighted by Gasteiger charge is -2.16. The van der Waals surface area contributed by atoms with Gasteiger partial charge in [-0.05, 0) is 55.7 Å². The molecule has 0 saturated carbocycles. The summed E-state index contributed by atoms with van der Waals surface area (Å²) in [6, 6.07) is 12.0. The third-order valence-corrected chi connectivity index (χ3v) is 4.80. The van der Waals surface area contributed by atoms with Crippen molar-refractivity contribution < 1.29 is 13.9 Å². The zero-order valence-electron chi connectivity index (χ0n) is 15.3. The van der Waals surface area contributed by atoms with Gasteiger partial charge in [-0.1, -0.05) is 24.6 Å². The molecular formula is C21H20ClNO4. The molecule has 27 heavy (non-hydrogen) atoms. The fourth-order valence-electron chi connectivity index (χ4n) is 2.81. The van der Waals surface area contributed by atoms with Gasteiger partial charge in [-0.2, -0.15) is 0 Å². The van der Waals surface area contributed by atoms with Crippen LogP contribution in [0.25, 0.3) is 11.0 Å². The Kier molecular flexibility index (Phi) is 5.51. The molecule has 1 atom stereocenters. The number of fused-ring (bicyclic) bond motifs is 1. The summed E-state index contributed by atoms with van der Waals surface area (Å²) in [5.41, 5.74) is 2.38. The van der Waals surface area contributed by atoms with Crippen LogP contribution in [-0.2, 0) is 11.2 Å². The largest absolute Gasteiger partial charge is 0.481 e. The molecule has 5 nitrogen and oxygen atoms in total. The molecule has 0 aliphatic carbocycles. The van der Waals surface area contributed by atoms with Gasteiger partial charge < -0.3 is 14.5 Å². The van der Waals surface area contributed by atoms with Crippen LogP contribution in [0, 0.1) is 6.92 Å². The molecule has 1 amide bonds. The Hall–Kier alpha value is -2.79. The fraction of sp³-hybridized carbons (Fsp3) is 0.238. The Morgan fingerprint density at radius 1 is 1.26 bits per heavy atom. The molecule has 3 rings (SSSR count). The van der Waals surface area contributed by atoms with Crippen LogP contribution in [0.5, 0.6) is 5.75 Å². The van der Waals surface area contributed by atoms with Crippen LogP contribution in [0.3, 0.4) is 0 Å². The van der Waals surface area contributed by atoms with Gasteiger partial charge in [0.25, 0.3) is 5.91 Å². The van der Waals surface area contributed by atoms with Crippen molar-refractivity contribution in [1.82, 2.24) is 0 Å². The SMILES string of the molecule is CCc1cc(=O)oc2cc(O[C@H](C)C(=O)Nc3cccc(Cl)c3C)ccc12. The summed E-state index contributed by atoms with van der Waals surface area (Å²) >= 11 is 6.08. The highest BCUT2D eigenvalue weighted by molar-refractivity contribution is 6.31. The van der Waals surface area contributed by atoms with Gasteiger partial charge >= 0.3 is 5.63 Å². The number of amides is 1. The van der Waals surface area contributed by atoms with Gasteiger partial charge in [0.15, 0.2) is 6.10 Å². The summed E-state index contributed by atoms with van der Waals surface area (Å²) in [5.74, 6) is 0.147. The lowest BCUT2D eigenvalue weighted by molar-refractivity contribution is -0.122. The summed E-state index contributed by atoms with van der Waals surface area (Å²) in [4.78, 5) is 24.1. The van der Waals surface area contributed by atoms with Crippen LogP contribution < -0.4 is 15.7 Å². The smallest absolute Gasteiger partial charge is 0.336 e. The number of rotatable bonds is 5. The molecule has 0 radical (unpaired) electrons. The number of benzene rings is 2. The number of carbonyl (C=O) groups is 1. The molecule has 0 aliphatic rings. The van der Waals surface area contributed by atoms with Gasteiger partial charge in [-0.3, -0.25) is 4.79 Å². The van der Waals surface area contributed by atoms with Crippen LogP contribution >= 0.6 is 11.6 Å². The van der Waals surface area contributed by atoms with Crippen molar-refractivity contribution >= 4 is 34.2 Å². The van der Waals surface area contributed by atoms with Crippen LogP contribution in [0.2, 0.25) is 5.02 Å². The van der Waals surface area contributed by atoms with Gasteiger partial charge in [0, 0.05) is 28.2 Å². The van der Waals surface area contributed by atoms with E-state index in [0.29, 0.717) is 22.0 Å². The van der Waals surface area contributed by atoms with E-state index < -0.39 is 11.7 Å². The maximum atomic E-state index is 12.4. The van der Waals surface area contributed by atoms with Crippen LogP contribution in [0.15, 0.2) is 51.7 Å². The summed E-state index contributed by atoms with van der Waals surface area (Å²) in [6.07, 6.45) is -0.0259. The van der Waals surface area contributed by atoms with Crippen molar-refractivity contribution in [2.24, 2.45) is 0 Å². The van der Waals surface area contributed by atoms with E-state index in [9.17, 15) is 9.59 Å². The second-order valence-corrected chi connectivity index (χ2v) is 6.67. The third-order valence-electron chi connectivity index (χ3n) is 4.39. The lowest BCUT2D eigenvalue weighted by atomic mass is 10.1. The maximum Gasteiger partial charge on any atom is 0.336 e. The first-order valence-electron chi connectivity index (χ1n) is 8.68. The van der Waals surface area contributed by atoms with Crippen LogP contribution in [0.4, 0.5) is 5.69 Å². The average Bonchev–Trinajstić information content (AvgIpc) is 2.64. The predicted molar refractivity (Wildman–Crippen MR) is 107 cm³/mol. The molecule has 140 valence electrons. The first kappa shape index (κ1) is 19.0. The molecule has 3 aromatic rings. The molecular weight excluding hydrogens is 366 g/mol. The van der Waals surface area contributed by atoms with E-state index in [0.717, 1.165) is 22.9 Å². The van der Waals surface area contributed by atoms with Crippen molar-refractivity contribution in [3.8, 4) is 5.75 Å². The number of hydrogen-bond acceptors (Lipinski definition) is 4. The van der Waals surface area contributed by atoms with Gasteiger partial charge in [0.1, 0.15) is 11.3 Å². The van der Waals surface area contributed by atoms with Crippen molar-refractivity contribution in [2.45, 2.75) is 33.3 Å². The molecule has 6 heteroatoms. The minimum absolute atomic E-state index is 0.302. The number of ether oxygens (including phenoxy) is 1. The van der Waals surface area contributed by atoms with Crippen LogP contribution in [0.1, 0.15) is 25.0 Å². The van der Waals surface area contributed by atoms with E-state index in [1.165, 1.54) is 6.07 Å². The Balaban J connectivity index is 1.79. The molecule has 0 fully saturated rings. The van der Waals surface area contributed by atoms with Crippen molar-refractivity contribution in [3.05, 3.63) is 69.0 Å². The van der Waals surface area contributed by atoms with E-state index in [1.807, 2.05) is 19.9 Å². The van der Waals surface area contributed by atoms with Gasteiger partial charge in [0.2, 0.25) is 0 Å². The van der Waals surface area contributed by atoms with Gasteiger partial charge in [-0.25, -0.2) is 4.79 Å². The number of anilines is 1. The molecule has 1 aromatic heterocycles. The van der Waals surface area contributed by atoms with E-state index in [1.54, 1.807) is 37.3 Å². The Morgan fingerprint density at radius 2 is 2.04 bits per heavy atom. The molecule has 0 aliphatic heterocycles. The highest BCUT2D eigenvalue weighted by Gasteiger charge is 2.17. The molecule has 0 saturated heterocycles. The first-order chi connectivity index (χ1) is 12.9. The number of halogens is 1. The average molecular weight is 386 g/mol. The predicted octanol–water partition coefficient (Wildman–Crippen LogP) is 4.72. The van der Waals surface area contributed by atoms with E-state index in [-0.39, 0.29) is 5.91 Å². The Morgan fingerprint density at radius 3 is 2.78 bits per heavy atom. The van der Waals surface area contributed by atoms with Gasteiger partial charge in [-0.15, -0.1) is 0 Å². The standard InChI is InChI=1S/C21H20ClNO4/c1-4-14-10-20(24)27-19-11-15(8-9-16(14)19)26-13(3)21(25)23-18-7-5-6-17(22)12(18)2/h5-11,13H,4H2,1-3H3,(H,23,25)/t13-/m1/s1.